The molecule has 6 aliphatic rings. The minimum absolute atomic E-state index is 0.0944. The second-order valence-electron chi connectivity index (χ2n) is 15.5. The summed E-state index contributed by atoms with van der Waals surface area (Å²) < 4.78 is 6.28. The van der Waals surface area contributed by atoms with Gasteiger partial charge in [-0.3, -0.25) is 9.59 Å². The fourth-order valence-corrected chi connectivity index (χ4v) is 11.2. The molecule has 0 aromatic carbocycles. The zero-order chi connectivity index (χ0) is 29.2. The molecule has 1 amide bonds. The van der Waals surface area contributed by atoms with Crippen molar-refractivity contribution in [2.24, 2.45) is 58.0 Å². The van der Waals surface area contributed by atoms with E-state index in [1.54, 1.807) is 6.92 Å². The summed E-state index contributed by atoms with van der Waals surface area (Å²) >= 11 is 0. The summed E-state index contributed by atoms with van der Waals surface area (Å²) in [5.74, 6) is 1.27. The van der Waals surface area contributed by atoms with Gasteiger partial charge in [0.05, 0.1) is 0 Å². The van der Waals surface area contributed by atoms with Gasteiger partial charge in [0, 0.05) is 44.4 Å². The molecule has 2 spiro atoms. The largest absolute Gasteiger partial charge is 0.462 e. The van der Waals surface area contributed by atoms with Gasteiger partial charge in [0.1, 0.15) is 6.10 Å². The first kappa shape index (κ1) is 29.8. The number of primary amides is 1. The number of fused-ring (bicyclic) bond motifs is 5. The lowest BCUT2D eigenvalue weighted by Gasteiger charge is -2.65. The monoisotopic (exact) mass is 575 g/mol. The predicted octanol–water partition coefficient (Wildman–Crippen LogP) is 6.60. The van der Waals surface area contributed by atoms with Crippen molar-refractivity contribution in [1.29, 1.82) is 0 Å². The Balaban J connectivity index is 1.23. The number of hydrogen-bond acceptors (Lipinski definition) is 7. The van der Waals surface area contributed by atoms with Crippen LogP contribution in [-0.2, 0) is 33.9 Å². The van der Waals surface area contributed by atoms with Crippen molar-refractivity contribution in [3.05, 3.63) is 0 Å². The molecular formula is C33H53NO7. The standard InChI is InChI=1S/C33H53NO7/c1-20(9-12-28(34)36)24-10-11-25-29-21(2)17-23-19-33(40-38-32(39-41-33)13-7-6-8-14-32)16-15-30(23,4)26(29)18-27(31(24,25)5)37-22(3)35/h20-21,23-27,29H,6-19H2,1-5H3,(H2,34,36)/t20?,21?,23-,24?,25?,26?,27+,29?,30+,31-/m1/s1. The average molecular weight is 576 g/mol. The molecule has 5 saturated carbocycles. The Morgan fingerprint density at radius 2 is 1.61 bits per heavy atom. The molecule has 1 aliphatic heterocycles. The molecule has 5 aliphatic carbocycles. The fraction of sp³-hybridized carbons (Fsp3) is 0.939. The second kappa shape index (κ2) is 10.7. The number of hydrogen-bond donors (Lipinski definition) is 1. The van der Waals surface area contributed by atoms with Crippen LogP contribution in [0.25, 0.3) is 0 Å². The molecule has 2 N–H and O–H groups in total. The Bertz CT molecular complexity index is 1000. The molecule has 8 heteroatoms. The molecule has 41 heavy (non-hydrogen) atoms. The highest BCUT2D eigenvalue weighted by atomic mass is 17.4. The van der Waals surface area contributed by atoms with E-state index in [9.17, 15) is 9.59 Å². The third-order valence-corrected chi connectivity index (χ3v) is 13.3. The van der Waals surface area contributed by atoms with Crippen LogP contribution in [0.1, 0.15) is 125 Å². The quantitative estimate of drug-likeness (QED) is 0.291. The van der Waals surface area contributed by atoms with Gasteiger partial charge < -0.3 is 10.5 Å². The Morgan fingerprint density at radius 3 is 2.27 bits per heavy atom. The Hall–Kier alpha value is -1.22. The first-order valence-corrected chi connectivity index (χ1v) is 16.6. The van der Waals surface area contributed by atoms with E-state index < -0.39 is 11.6 Å². The molecular weight excluding hydrogens is 522 g/mol. The Morgan fingerprint density at radius 1 is 0.927 bits per heavy atom. The number of carbonyl (C=O) groups is 2. The van der Waals surface area contributed by atoms with E-state index in [0.29, 0.717) is 47.8 Å². The minimum atomic E-state index is -0.841. The van der Waals surface area contributed by atoms with E-state index >= 15 is 0 Å². The molecule has 232 valence electrons. The highest BCUT2D eigenvalue weighted by Crippen LogP contribution is 2.71. The number of rotatable bonds is 5. The van der Waals surface area contributed by atoms with Crippen LogP contribution in [0.2, 0.25) is 0 Å². The van der Waals surface area contributed by atoms with Crippen molar-refractivity contribution in [1.82, 2.24) is 0 Å². The summed E-state index contributed by atoms with van der Waals surface area (Å²) in [4.78, 5) is 48.4. The van der Waals surface area contributed by atoms with Crippen molar-refractivity contribution in [2.75, 3.05) is 0 Å². The van der Waals surface area contributed by atoms with Gasteiger partial charge in [-0.05, 0) is 98.2 Å². The number of nitrogens with two attached hydrogens (primary N) is 1. The summed E-state index contributed by atoms with van der Waals surface area (Å²) in [5, 5.41) is 0. The molecule has 10 atom stereocenters. The number of carbonyl (C=O) groups excluding carboxylic acids is 2. The molecule has 0 bridgehead atoms. The van der Waals surface area contributed by atoms with Crippen LogP contribution >= 0.6 is 0 Å². The van der Waals surface area contributed by atoms with Gasteiger partial charge in [-0.25, -0.2) is 0 Å². The van der Waals surface area contributed by atoms with Crippen LogP contribution in [0.15, 0.2) is 0 Å². The van der Waals surface area contributed by atoms with E-state index in [1.807, 2.05) is 0 Å². The average Bonchev–Trinajstić information content (AvgIpc) is 3.29. The van der Waals surface area contributed by atoms with Crippen molar-refractivity contribution in [2.45, 2.75) is 142 Å². The van der Waals surface area contributed by atoms with Crippen LogP contribution < -0.4 is 5.73 Å². The topological polar surface area (TPSA) is 106 Å². The summed E-state index contributed by atoms with van der Waals surface area (Å²) in [6.07, 6.45) is 12.8. The van der Waals surface area contributed by atoms with E-state index in [4.69, 9.17) is 30.0 Å². The van der Waals surface area contributed by atoms with Crippen LogP contribution in [0.4, 0.5) is 0 Å². The maximum atomic E-state index is 12.5. The summed E-state index contributed by atoms with van der Waals surface area (Å²) in [6.45, 7) is 11.2. The molecule has 6 fully saturated rings. The molecule has 1 heterocycles. The number of amides is 1. The molecule has 0 radical (unpaired) electrons. The van der Waals surface area contributed by atoms with E-state index in [2.05, 4.69) is 27.7 Å². The first-order chi connectivity index (χ1) is 19.4. The lowest BCUT2D eigenvalue weighted by molar-refractivity contribution is -0.665. The molecule has 1 saturated heterocycles. The maximum absolute atomic E-state index is 12.5. The van der Waals surface area contributed by atoms with Crippen molar-refractivity contribution >= 4 is 11.9 Å². The van der Waals surface area contributed by atoms with Crippen molar-refractivity contribution in [3.8, 4) is 0 Å². The molecule has 8 nitrogen and oxygen atoms in total. The van der Waals surface area contributed by atoms with Crippen LogP contribution in [0.3, 0.4) is 0 Å². The van der Waals surface area contributed by atoms with Gasteiger partial charge in [0.25, 0.3) is 0 Å². The van der Waals surface area contributed by atoms with Gasteiger partial charge >= 0.3 is 5.97 Å². The van der Waals surface area contributed by atoms with Gasteiger partial charge in [-0.1, -0.05) is 34.1 Å². The molecule has 0 aromatic heterocycles. The van der Waals surface area contributed by atoms with E-state index in [-0.39, 0.29) is 28.8 Å². The van der Waals surface area contributed by atoms with E-state index in [0.717, 1.165) is 77.0 Å². The maximum Gasteiger partial charge on any atom is 0.302 e. The zero-order valence-corrected chi connectivity index (χ0v) is 26.0. The number of ether oxygens (including phenoxy) is 1. The van der Waals surface area contributed by atoms with Gasteiger partial charge in [0.2, 0.25) is 17.5 Å². The van der Waals surface area contributed by atoms with Crippen LogP contribution in [0.5, 0.6) is 0 Å². The second-order valence-corrected chi connectivity index (χ2v) is 15.5. The Kier molecular flexibility index (Phi) is 7.82. The summed E-state index contributed by atoms with van der Waals surface area (Å²) in [5.41, 5.74) is 5.53. The first-order valence-electron chi connectivity index (χ1n) is 16.6. The summed E-state index contributed by atoms with van der Waals surface area (Å²) in [7, 11) is 0. The lowest BCUT2D eigenvalue weighted by atomic mass is 9.41. The number of esters is 1. The smallest absolute Gasteiger partial charge is 0.302 e. The SMILES string of the molecule is CC(=O)O[C@H]1CC2C(C(C)C[C@@H]3CC4(CC[C@]23C)OOC2(CCCCC2)OO4)C2CCC(C(C)CCC(N)=O)[C@]21C. The third kappa shape index (κ3) is 4.97. The van der Waals surface area contributed by atoms with Crippen LogP contribution in [-0.4, -0.2) is 29.6 Å². The van der Waals surface area contributed by atoms with Crippen molar-refractivity contribution in [3.63, 3.8) is 0 Å². The van der Waals surface area contributed by atoms with Crippen LogP contribution in [0, 0.1) is 52.3 Å². The van der Waals surface area contributed by atoms with Gasteiger partial charge in [-0.15, -0.1) is 0 Å². The molecule has 6 unspecified atom stereocenters. The normalized spacial score (nSPS) is 45.3. The predicted molar refractivity (Wildman–Crippen MR) is 151 cm³/mol. The fourth-order valence-electron chi connectivity index (χ4n) is 11.2. The molecule has 6 rings (SSSR count). The van der Waals surface area contributed by atoms with Crippen molar-refractivity contribution < 1.29 is 33.9 Å². The Labute approximate surface area is 245 Å². The van der Waals surface area contributed by atoms with Gasteiger partial charge in [-0.2, -0.15) is 19.6 Å². The highest BCUT2D eigenvalue weighted by Gasteiger charge is 2.68. The molecule has 0 aromatic rings. The lowest BCUT2D eigenvalue weighted by Crippen LogP contribution is -2.63. The van der Waals surface area contributed by atoms with E-state index in [1.165, 1.54) is 6.42 Å². The minimum Gasteiger partial charge on any atom is -0.462 e. The third-order valence-electron chi connectivity index (χ3n) is 13.3. The highest BCUT2D eigenvalue weighted by molar-refractivity contribution is 5.73. The van der Waals surface area contributed by atoms with Gasteiger partial charge in [0.15, 0.2) is 0 Å². The zero-order valence-electron chi connectivity index (χ0n) is 26.0. The summed E-state index contributed by atoms with van der Waals surface area (Å²) in [6, 6.07) is 0.